The third-order valence-electron chi connectivity index (χ3n) is 3.25. The van der Waals surface area contributed by atoms with E-state index < -0.39 is 4.92 Å². The molecule has 1 heterocycles. The van der Waals surface area contributed by atoms with Gasteiger partial charge in [-0.15, -0.1) is 5.10 Å². The van der Waals surface area contributed by atoms with Crippen LogP contribution in [0.5, 0.6) is 0 Å². The van der Waals surface area contributed by atoms with E-state index in [2.05, 4.69) is 17.3 Å². The lowest BCUT2D eigenvalue weighted by Crippen LogP contribution is -2.33. The van der Waals surface area contributed by atoms with E-state index in [0.717, 1.165) is 6.54 Å². The van der Waals surface area contributed by atoms with Crippen molar-refractivity contribution in [1.29, 1.82) is 0 Å². The summed E-state index contributed by atoms with van der Waals surface area (Å²) < 4.78 is 1.46. The molecule has 0 amide bonds. The van der Waals surface area contributed by atoms with E-state index in [1.807, 2.05) is 0 Å². The van der Waals surface area contributed by atoms with Crippen molar-refractivity contribution in [3.05, 3.63) is 16.3 Å². The van der Waals surface area contributed by atoms with Gasteiger partial charge in [0.05, 0.1) is 4.92 Å². The summed E-state index contributed by atoms with van der Waals surface area (Å²) in [7, 11) is 1.68. The van der Waals surface area contributed by atoms with E-state index in [1.54, 1.807) is 7.05 Å². The predicted octanol–water partition coefficient (Wildman–Crippen LogP) is 1.93. The first-order valence-electron chi connectivity index (χ1n) is 5.42. The first kappa shape index (κ1) is 10.9. The SMILES string of the molecule is Cn1cc([N+](=O)[O-])c(NCC2(C)CCC2)n1. The van der Waals surface area contributed by atoms with E-state index >= 15 is 0 Å². The number of aromatic nitrogens is 2. The fraction of sp³-hybridized carbons (Fsp3) is 0.700. The van der Waals surface area contributed by atoms with Crippen LogP contribution in [0, 0.1) is 15.5 Å². The summed E-state index contributed by atoms with van der Waals surface area (Å²) in [6, 6.07) is 0. The minimum atomic E-state index is -0.404. The Kier molecular flexibility index (Phi) is 2.57. The fourth-order valence-corrected chi connectivity index (χ4v) is 1.99. The zero-order chi connectivity index (χ0) is 11.8. The van der Waals surface area contributed by atoms with Gasteiger partial charge in [-0.25, -0.2) is 0 Å². The van der Waals surface area contributed by atoms with E-state index in [1.165, 1.54) is 30.1 Å². The molecule has 0 aliphatic heterocycles. The zero-order valence-electron chi connectivity index (χ0n) is 9.56. The molecule has 0 aromatic carbocycles. The summed E-state index contributed by atoms with van der Waals surface area (Å²) in [5.74, 6) is 0.376. The van der Waals surface area contributed by atoms with Gasteiger partial charge < -0.3 is 5.32 Å². The second-order valence-corrected chi connectivity index (χ2v) is 4.81. The molecule has 0 bridgehead atoms. The maximum Gasteiger partial charge on any atom is 0.330 e. The van der Waals surface area contributed by atoms with Crippen LogP contribution in [0.15, 0.2) is 6.20 Å². The standard InChI is InChI=1S/C10H16N4O2/c1-10(4-3-5-10)7-11-9-8(14(15)16)6-13(2)12-9/h6H,3-5,7H2,1-2H3,(H,11,12). The number of anilines is 1. The van der Waals surface area contributed by atoms with Crippen LogP contribution >= 0.6 is 0 Å². The molecule has 1 fully saturated rings. The molecule has 1 aromatic heterocycles. The quantitative estimate of drug-likeness (QED) is 0.626. The molecule has 1 aromatic rings. The molecular weight excluding hydrogens is 208 g/mol. The Labute approximate surface area is 93.8 Å². The molecule has 88 valence electrons. The first-order chi connectivity index (χ1) is 7.50. The molecule has 1 aliphatic carbocycles. The van der Waals surface area contributed by atoms with Gasteiger partial charge >= 0.3 is 5.69 Å². The number of rotatable bonds is 4. The molecule has 6 nitrogen and oxygen atoms in total. The van der Waals surface area contributed by atoms with Crippen molar-refractivity contribution in [2.24, 2.45) is 12.5 Å². The van der Waals surface area contributed by atoms with Crippen molar-refractivity contribution in [3.8, 4) is 0 Å². The van der Waals surface area contributed by atoms with Crippen LogP contribution in [0.4, 0.5) is 11.5 Å². The van der Waals surface area contributed by atoms with Crippen LogP contribution in [0.1, 0.15) is 26.2 Å². The van der Waals surface area contributed by atoms with Crippen molar-refractivity contribution >= 4 is 11.5 Å². The maximum atomic E-state index is 10.8. The van der Waals surface area contributed by atoms with Crippen LogP contribution in [0.3, 0.4) is 0 Å². The summed E-state index contributed by atoms with van der Waals surface area (Å²) in [4.78, 5) is 10.4. The Hall–Kier alpha value is -1.59. The van der Waals surface area contributed by atoms with E-state index in [9.17, 15) is 10.1 Å². The molecule has 1 saturated carbocycles. The van der Waals surface area contributed by atoms with Gasteiger partial charge in [0.2, 0.25) is 5.82 Å². The predicted molar refractivity (Wildman–Crippen MR) is 60.3 cm³/mol. The Morgan fingerprint density at radius 3 is 2.88 bits per heavy atom. The second kappa shape index (κ2) is 3.77. The number of hydrogen-bond donors (Lipinski definition) is 1. The van der Waals surface area contributed by atoms with Crippen LogP contribution < -0.4 is 5.32 Å². The number of hydrogen-bond acceptors (Lipinski definition) is 4. The molecule has 0 atom stereocenters. The van der Waals surface area contributed by atoms with Crippen molar-refractivity contribution in [2.45, 2.75) is 26.2 Å². The van der Waals surface area contributed by atoms with E-state index in [0.29, 0.717) is 5.82 Å². The van der Waals surface area contributed by atoms with Crippen molar-refractivity contribution in [1.82, 2.24) is 9.78 Å². The third-order valence-corrected chi connectivity index (χ3v) is 3.25. The number of nitro groups is 1. The fourth-order valence-electron chi connectivity index (χ4n) is 1.99. The molecule has 0 radical (unpaired) electrons. The highest BCUT2D eigenvalue weighted by atomic mass is 16.6. The van der Waals surface area contributed by atoms with Crippen LogP contribution in [0.25, 0.3) is 0 Å². The average Bonchev–Trinajstić information content (AvgIpc) is 2.54. The first-order valence-corrected chi connectivity index (χ1v) is 5.42. The second-order valence-electron chi connectivity index (χ2n) is 4.81. The largest absolute Gasteiger partial charge is 0.362 e. The lowest BCUT2D eigenvalue weighted by Gasteiger charge is -2.38. The summed E-state index contributed by atoms with van der Waals surface area (Å²) in [6.07, 6.45) is 5.04. The topological polar surface area (TPSA) is 73.0 Å². The number of nitrogens with one attached hydrogen (secondary N) is 1. The molecule has 0 unspecified atom stereocenters. The highest BCUT2D eigenvalue weighted by Gasteiger charge is 2.32. The van der Waals surface area contributed by atoms with Crippen molar-refractivity contribution in [3.63, 3.8) is 0 Å². The monoisotopic (exact) mass is 224 g/mol. The van der Waals surface area contributed by atoms with Crippen molar-refractivity contribution < 1.29 is 4.92 Å². The maximum absolute atomic E-state index is 10.8. The zero-order valence-corrected chi connectivity index (χ0v) is 9.56. The lowest BCUT2D eigenvalue weighted by molar-refractivity contribution is -0.384. The van der Waals surface area contributed by atoms with Gasteiger partial charge in [-0.3, -0.25) is 14.8 Å². The Morgan fingerprint density at radius 1 is 1.69 bits per heavy atom. The van der Waals surface area contributed by atoms with Gasteiger partial charge in [0, 0.05) is 13.6 Å². The minimum Gasteiger partial charge on any atom is -0.362 e. The van der Waals surface area contributed by atoms with E-state index in [-0.39, 0.29) is 11.1 Å². The van der Waals surface area contributed by atoms with Crippen LogP contribution in [-0.4, -0.2) is 21.2 Å². The van der Waals surface area contributed by atoms with Gasteiger partial charge in [-0.2, -0.15) is 0 Å². The molecule has 0 spiro atoms. The van der Waals surface area contributed by atoms with Crippen molar-refractivity contribution in [2.75, 3.05) is 11.9 Å². The van der Waals surface area contributed by atoms with Crippen LogP contribution in [-0.2, 0) is 7.05 Å². The molecular formula is C10H16N4O2. The molecule has 2 rings (SSSR count). The highest BCUT2D eigenvalue weighted by molar-refractivity contribution is 5.54. The molecule has 16 heavy (non-hydrogen) atoms. The number of aryl methyl sites for hydroxylation is 1. The van der Waals surface area contributed by atoms with E-state index in [4.69, 9.17) is 0 Å². The lowest BCUT2D eigenvalue weighted by atomic mass is 9.70. The summed E-state index contributed by atoms with van der Waals surface area (Å²) >= 11 is 0. The van der Waals surface area contributed by atoms with Gasteiger partial charge in [-0.05, 0) is 18.3 Å². The van der Waals surface area contributed by atoms with Gasteiger partial charge in [0.25, 0.3) is 0 Å². The summed E-state index contributed by atoms with van der Waals surface area (Å²) in [5.41, 5.74) is 0.330. The average molecular weight is 224 g/mol. The molecule has 1 aliphatic rings. The smallest absolute Gasteiger partial charge is 0.330 e. The van der Waals surface area contributed by atoms with Gasteiger partial charge in [0.1, 0.15) is 6.20 Å². The van der Waals surface area contributed by atoms with Gasteiger partial charge in [-0.1, -0.05) is 13.3 Å². The number of nitrogens with zero attached hydrogens (tertiary/aromatic N) is 3. The third kappa shape index (κ3) is 2.00. The molecule has 6 heteroatoms. The summed E-state index contributed by atoms with van der Waals surface area (Å²) in [6.45, 7) is 2.95. The minimum absolute atomic E-state index is 0.0467. The van der Waals surface area contributed by atoms with Crippen LogP contribution in [0.2, 0.25) is 0 Å². The highest BCUT2D eigenvalue weighted by Crippen LogP contribution is 2.40. The summed E-state index contributed by atoms with van der Waals surface area (Å²) in [5, 5.41) is 17.9. The normalized spacial score (nSPS) is 17.9. The Balaban J connectivity index is 2.05. The molecule has 1 N–H and O–H groups in total. The molecule has 0 saturated heterocycles. The Bertz CT molecular complexity index is 409. The Morgan fingerprint density at radius 2 is 2.38 bits per heavy atom. The van der Waals surface area contributed by atoms with Gasteiger partial charge in [0.15, 0.2) is 0 Å².